The zero-order valence-electron chi connectivity index (χ0n) is 11.9. The van der Waals surface area contributed by atoms with E-state index in [2.05, 4.69) is 10.0 Å². The molecule has 0 amide bonds. The van der Waals surface area contributed by atoms with Gasteiger partial charge in [0.1, 0.15) is 16.4 Å². The average molecular weight is 302 g/mol. The van der Waals surface area contributed by atoms with Crippen molar-refractivity contribution in [1.29, 1.82) is 0 Å². The molecule has 114 valence electrons. The number of nitrogens with one attached hydrogen (secondary N) is 2. The Labute approximate surface area is 119 Å². The second-order valence-corrected chi connectivity index (χ2v) is 6.81. The van der Waals surface area contributed by atoms with Gasteiger partial charge in [-0.2, -0.15) is 0 Å². The third-order valence-corrected chi connectivity index (χ3v) is 4.72. The Morgan fingerprint density at radius 2 is 2.20 bits per heavy atom. The Balaban J connectivity index is 1.84. The molecule has 0 bridgehead atoms. The molecule has 6 nitrogen and oxygen atoms in total. The maximum absolute atomic E-state index is 12.1. The second kappa shape index (κ2) is 6.71. The van der Waals surface area contributed by atoms with Crippen molar-refractivity contribution in [2.75, 3.05) is 26.8 Å². The Kier molecular flexibility index (Phi) is 5.20. The van der Waals surface area contributed by atoms with Gasteiger partial charge in [0.15, 0.2) is 0 Å². The summed E-state index contributed by atoms with van der Waals surface area (Å²) in [5.41, 5.74) is 0. The lowest BCUT2D eigenvalue weighted by Crippen LogP contribution is -2.27. The van der Waals surface area contributed by atoms with E-state index in [9.17, 15) is 8.42 Å². The number of rotatable bonds is 9. The zero-order chi connectivity index (χ0) is 14.6. The van der Waals surface area contributed by atoms with Crippen LogP contribution < -0.4 is 10.0 Å². The molecule has 0 aliphatic heterocycles. The topological polar surface area (TPSA) is 80.6 Å². The molecule has 1 aromatic heterocycles. The van der Waals surface area contributed by atoms with E-state index < -0.39 is 10.0 Å². The Hall–Kier alpha value is -0.890. The molecule has 0 aromatic carbocycles. The molecule has 1 fully saturated rings. The van der Waals surface area contributed by atoms with E-state index in [4.69, 9.17) is 9.15 Å². The van der Waals surface area contributed by atoms with Gasteiger partial charge in [0.25, 0.3) is 0 Å². The van der Waals surface area contributed by atoms with Gasteiger partial charge in [-0.3, -0.25) is 0 Å². The van der Waals surface area contributed by atoms with Crippen LogP contribution in [-0.4, -0.2) is 35.2 Å². The van der Waals surface area contributed by atoms with Crippen LogP contribution in [-0.2, 0) is 21.3 Å². The maximum atomic E-state index is 12.1. The van der Waals surface area contributed by atoms with Crippen LogP contribution in [0, 0.1) is 12.8 Å². The van der Waals surface area contributed by atoms with Crippen molar-refractivity contribution < 1.29 is 17.6 Å². The van der Waals surface area contributed by atoms with Crippen LogP contribution in [0.15, 0.2) is 15.4 Å². The van der Waals surface area contributed by atoms with Crippen molar-refractivity contribution in [1.82, 2.24) is 10.0 Å². The van der Waals surface area contributed by atoms with E-state index in [1.165, 1.54) is 12.8 Å². The molecule has 0 radical (unpaired) electrons. The molecular formula is C13H22N2O4S. The summed E-state index contributed by atoms with van der Waals surface area (Å²) in [7, 11) is -1.75. The maximum Gasteiger partial charge on any atom is 0.244 e. The highest BCUT2D eigenvalue weighted by Crippen LogP contribution is 2.28. The van der Waals surface area contributed by atoms with Crippen molar-refractivity contribution in [3.05, 3.63) is 17.6 Å². The Bertz CT molecular complexity index is 535. The van der Waals surface area contributed by atoms with E-state index in [1.807, 2.05) is 0 Å². The van der Waals surface area contributed by atoms with Crippen molar-refractivity contribution in [2.24, 2.45) is 5.92 Å². The van der Waals surface area contributed by atoms with Crippen LogP contribution in [0.2, 0.25) is 0 Å². The second-order valence-electron chi connectivity index (χ2n) is 5.08. The summed E-state index contributed by atoms with van der Waals surface area (Å²) in [6, 6.07) is 1.55. The summed E-state index contributed by atoms with van der Waals surface area (Å²) >= 11 is 0. The Morgan fingerprint density at radius 1 is 1.45 bits per heavy atom. The van der Waals surface area contributed by atoms with E-state index in [-0.39, 0.29) is 11.4 Å². The molecule has 2 rings (SSSR count). The number of furan rings is 1. The highest BCUT2D eigenvalue weighted by Gasteiger charge is 2.22. The van der Waals surface area contributed by atoms with Crippen LogP contribution in [0.5, 0.6) is 0 Å². The largest absolute Gasteiger partial charge is 0.464 e. The molecule has 2 N–H and O–H groups in total. The summed E-state index contributed by atoms with van der Waals surface area (Å²) in [6.07, 6.45) is 2.46. The van der Waals surface area contributed by atoms with Crippen LogP contribution in [0.4, 0.5) is 0 Å². The molecule has 1 aliphatic rings. The predicted octanol–water partition coefficient (Wildman–Crippen LogP) is 1.01. The lowest BCUT2D eigenvalue weighted by atomic mass is 10.4. The average Bonchev–Trinajstić information content (AvgIpc) is 3.12. The smallest absolute Gasteiger partial charge is 0.244 e. The standard InChI is InChI=1S/C13H22N2O4S/c1-10-13(7-12(19-10)8-14-2)20(16,17)15-5-6-18-9-11-3-4-11/h7,11,14-15H,3-6,8-9H2,1-2H3. The Morgan fingerprint density at radius 3 is 2.85 bits per heavy atom. The van der Waals surface area contributed by atoms with Gasteiger partial charge in [0.2, 0.25) is 10.0 Å². The molecule has 0 unspecified atom stereocenters. The quantitative estimate of drug-likeness (QED) is 0.666. The highest BCUT2D eigenvalue weighted by atomic mass is 32.2. The van der Waals surface area contributed by atoms with Crippen LogP contribution >= 0.6 is 0 Å². The number of sulfonamides is 1. The number of ether oxygens (including phenoxy) is 1. The molecular weight excluding hydrogens is 280 g/mol. The van der Waals surface area contributed by atoms with Gasteiger partial charge in [-0.05, 0) is 32.7 Å². The fourth-order valence-corrected chi connectivity index (χ4v) is 3.13. The number of aryl methyl sites for hydroxylation is 1. The first-order chi connectivity index (χ1) is 9.53. The lowest BCUT2D eigenvalue weighted by molar-refractivity contribution is 0.129. The van der Waals surface area contributed by atoms with Gasteiger partial charge in [0, 0.05) is 19.2 Å². The van der Waals surface area contributed by atoms with Crippen molar-refractivity contribution in [2.45, 2.75) is 31.2 Å². The first-order valence-electron chi connectivity index (χ1n) is 6.84. The molecule has 7 heteroatoms. The van der Waals surface area contributed by atoms with Crippen LogP contribution in [0.1, 0.15) is 24.4 Å². The molecule has 0 atom stereocenters. The molecule has 0 spiro atoms. The highest BCUT2D eigenvalue weighted by molar-refractivity contribution is 7.89. The van der Waals surface area contributed by atoms with Gasteiger partial charge < -0.3 is 14.5 Å². The molecule has 20 heavy (non-hydrogen) atoms. The number of hydrogen-bond acceptors (Lipinski definition) is 5. The first kappa shape index (κ1) is 15.5. The minimum atomic E-state index is -3.53. The van der Waals surface area contributed by atoms with Crippen LogP contribution in [0.25, 0.3) is 0 Å². The van der Waals surface area contributed by atoms with E-state index in [1.54, 1.807) is 20.0 Å². The third kappa shape index (κ3) is 4.31. The van der Waals surface area contributed by atoms with Crippen LogP contribution in [0.3, 0.4) is 0 Å². The van der Waals surface area contributed by atoms with Crippen molar-refractivity contribution in [3.63, 3.8) is 0 Å². The van der Waals surface area contributed by atoms with Crippen molar-refractivity contribution in [3.8, 4) is 0 Å². The predicted molar refractivity (Wildman–Crippen MR) is 74.9 cm³/mol. The summed E-state index contributed by atoms with van der Waals surface area (Å²) in [6.45, 7) is 3.56. The third-order valence-electron chi connectivity index (χ3n) is 3.15. The fraction of sp³-hybridized carbons (Fsp3) is 0.692. The SMILES string of the molecule is CNCc1cc(S(=O)(=O)NCCOCC2CC2)c(C)o1. The summed E-state index contributed by atoms with van der Waals surface area (Å²) in [5.74, 6) is 1.70. The molecule has 1 saturated carbocycles. The minimum Gasteiger partial charge on any atom is -0.464 e. The van der Waals surface area contributed by atoms with E-state index in [0.717, 1.165) is 6.61 Å². The normalized spacial score (nSPS) is 15.7. The summed E-state index contributed by atoms with van der Waals surface area (Å²) in [5, 5.41) is 2.92. The van der Waals surface area contributed by atoms with Gasteiger partial charge in [-0.1, -0.05) is 0 Å². The van der Waals surface area contributed by atoms with E-state index in [0.29, 0.717) is 30.6 Å². The monoisotopic (exact) mass is 302 g/mol. The minimum absolute atomic E-state index is 0.199. The lowest BCUT2D eigenvalue weighted by Gasteiger charge is -2.06. The van der Waals surface area contributed by atoms with E-state index >= 15 is 0 Å². The molecule has 1 aliphatic carbocycles. The fourth-order valence-electron chi connectivity index (χ4n) is 1.91. The molecule has 0 saturated heterocycles. The molecule has 1 aromatic rings. The zero-order valence-corrected chi connectivity index (χ0v) is 12.8. The summed E-state index contributed by atoms with van der Waals surface area (Å²) < 4.78 is 37.6. The van der Waals surface area contributed by atoms with Gasteiger partial charge >= 0.3 is 0 Å². The molecule has 1 heterocycles. The summed E-state index contributed by atoms with van der Waals surface area (Å²) in [4.78, 5) is 0.199. The first-order valence-corrected chi connectivity index (χ1v) is 8.32. The van der Waals surface area contributed by atoms with Gasteiger partial charge in [0.05, 0.1) is 13.2 Å². The van der Waals surface area contributed by atoms with Gasteiger partial charge in [-0.25, -0.2) is 13.1 Å². The number of hydrogen-bond donors (Lipinski definition) is 2. The van der Waals surface area contributed by atoms with Gasteiger partial charge in [-0.15, -0.1) is 0 Å². The van der Waals surface area contributed by atoms with Crippen molar-refractivity contribution >= 4 is 10.0 Å².